The van der Waals surface area contributed by atoms with E-state index in [2.05, 4.69) is 52.6 Å². The van der Waals surface area contributed by atoms with Crippen molar-refractivity contribution in [2.75, 3.05) is 17.7 Å². The molecule has 1 heterocycles. The van der Waals surface area contributed by atoms with Gasteiger partial charge >= 0.3 is 0 Å². The van der Waals surface area contributed by atoms with Gasteiger partial charge in [0.05, 0.1) is 28.3 Å². The third-order valence-corrected chi connectivity index (χ3v) is 18.1. The van der Waals surface area contributed by atoms with E-state index in [4.69, 9.17) is 16.3 Å². The monoisotopic (exact) mass is 1290 g/mol. The number of methoxy groups -OCH3 is 1. The van der Waals surface area contributed by atoms with Crippen molar-refractivity contribution in [3.8, 4) is 17.2 Å². The van der Waals surface area contributed by atoms with Gasteiger partial charge in [0.25, 0.3) is 60.7 Å². The van der Waals surface area contributed by atoms with Crippen molar-refractivity contribution in [1.82, 2.24) is 15.0 Å². The Labute approximate surface area is 465 Å². The molecule has 0 spiro atoms. The second kappa shape index (κ2) is 21.1. The molecule has 0 atom stereocenters. The van der Waals surface area contributed by atoms with Gasteiger partial charge in [-0.3, -0.25) is 27.3 Å². The Balaban J connectivity index is 1.27. The van der Waals surface area contributed by atoms with Gasteiger partial charge in [-0.1, -0.05) is 24.8 Å². The van der Waals surface area contributed by atoms with Gasteiger partial charge < -0.3 is 25.6 Å². The van der Waals surface area contributed by atoms with Gasteiger partial charge in [0, 0.05) is 32.3 Å². The molecule has 0 saturated carbocycles. The van der Waals surface area contributed by atoms with Gasteiger partial charge in [-0.25, -0.2) is 8.42 Å². The molecule has 40 heteroatoms. The maximum Gasteiger partial charge on any atom is 0.297 e. The van der Waals surface area contributed by atoms with Crippen LogP contribution in [0.2, 0.25) is 5.28 Å². The number of halogens is 1. The number of sulfone groups is 1. The summed E-state index contributed by atoms with van der Waals surface area (Å²) in [6.45, 7) is 3.22. The lowest BCUT2D eigenvalue weighted by Crippen LogP contribution is -2.09. The fourth-order valence-corrected chi connectivity index (χ4v) is 13.0. The minimum atomic E-state index is -5.61. The Morgan fingerprint density at radius 1 is 0.512 bits per heavy atom. The van der Waals surface area contributed by atoms with Crippen molar-refractivity contribution in [3.05, 3.63) is 102 Å². The Kier molecular flexibility index (Phi) is 15.4. The van der Waals surface area contributed by atoms with Crippen LogP contribution in [0, 0.1) is 0 Å². The maximum absolute atomic E-state index is 13.2. The smallest absolute Gasteiger partial charge is 0.297 e. The van der Waals surface area contributed by atoms with Gasteiger partial charge in [0.1, 0.15) is 53.0 Å². The standard InChI is InChI=1S/C42H30ClN9O23S7/c1-3-76(55,56)19-7-12-29(75-2)27(15-19)50-51-34-32(80(66,67)68)17-24-22(36(34)53)9-10-25(39(24)82(72,73)74)44-41-46-40(43)47-42(48-41)45-28-16-20(77(57,58)59)13-18-14-31(79(63,64)65)35(37(54)33(18)28)52-49-26-11-8-21-23(38(26)81(69,70)71)5-4-6-30(21)78(60,61)62/h3-17,53-54H,1H2,2H3,(H,57,58,59)(H,60,61,62)(H,63,64,65)(H,66,67,68)(H,69,70,71)(H,72,73,74)(H2,44,45,46,47,48). The number of ether oxygens (including phenoxy) is 1. The number of phenolic OH excluding ortho intramolecular Hbond substituents is 2. The number of hydrogen-bond donors (Lipinski definition) is 10. The maximum atomic E-state index is 13.2. The molecule has 0 aliphatic rings. The number of rotatable bonds is 17. The fourth-order valence-electron chi connectivity index (χ4n) is 7.86. The first-order chi connectivity index (χ1) is 37.8. The molecule has 0 radical (unpaired) electrons. The van der Waals surface area contributed by atoms with Gasteiger partial charge in [-0.15, -0.1) is 20.5 Å². The Hall–Kier alpha value is -8.03. The van der Waals surface area contributed by atoms with Crippen molar-refractivity contribution >= 4 is 160 Å². The van der Waals surface area contributed by atoms with E-state index in [0.29, 0.717) is 29.7 Å². The van der Waals surface area contributed by atoms with Crippen LogP contribution in [0.5, 0.6) is 17.2 Å². The van der Waals surface area contributed by atoms with E-state index in [0.717, 1.165) is 67.8 Å². The summed E-state index contributed by atoms with van der Waals surface area (Å²) >= 11 is 6.20. The number of nitrogens with zero attached hydrogens (tertiary/aromatic N) is 7. The number of nitrogens with one attached hydrogen (secondary N) is 2. The zero-order valence-electron chi connectivity index (χ0n) is 39.9. The van der Waals surface area contributed by atoms with Crippen LogP contribution in [0.3, 0.4) is 0 Å². The molecule has 0 amide bonds. The summed E-state index contributed by atoms with van der Waals surface area (Å²) in [5, 5.41) is 38.6. The second-order valence-electron chi connectivity index (χ2n) is 16.3. The van der Waals surface area contributed by atoms with Crippen molar-refractivity contribution in [2.24, 2.45) is 20.5 Å². The lowest BCUT2D eigenvalue weighted by Gasteiger charge is -2.16. The predicted octanol–water partition coefficient (Wildman–Crippen LogP) is 7.12. The molecule has 7 aromatic carbocycles. The minimum Gasteiger partial charge on any atom is -0.505 e. The molecular weight excluding hydrogens is 1260 g/mol. The first-order valence-corrected chi connectivity index (χ1v) is 31.8. The molecule has 8 rings (SSSR count). The van der Waals surface area contributed by atoms with Crippen LogP contribution in [0.4, 0.5) is 46.0 Å². The largest absolute Gasteiger partial charge is 0.505 e. The van der Waals surface area contributed by atoms with Crippen LogP contribution in [0.25, 0.3) is 32.3 Å². The van der Waals surface area contributed by atoms with Crippen LogP contribution in [0.15, 0.2) is 152 Å². The number of fused-ring (bicyclic) bond motifs is 3. The van der Waals surface area contributed by atoms with Crippen LogP contribution in [-0.2, 0) is 70.5 Å². The Morgan fingerprint density at radius 2 is 1.07 bits per heavy atom. The summed E-state index contributed by atoms with van der Waals surface area (Å²) in [4.78, 5) is 4.21. The summed E-state index contributed by atoms with van der Waals surface area (Å²) in [5.41, 5.74) is -5.03. The van der Waals surface area contributed by atoms with E-state index < -0.39 is 189 Å². The van der Waals surface area contributed by atoms with E-state index in [1.165, 1.54) is 0 Å². The molecule has 0 saturated heterocycles. The summed E-state index contributed by atoms with van der Waals surface area (Å²) in [5.74, 6) is -4.29. The number of hydrogen-bond acceptors (Lipinski definition) is 26. The topological polar surface area (TPSA) is 522 Å². The Bertz CT molecular complexity index is 5050. The van der Waals surface area contributed by atoms with E-state index in [9.17, 15) is 96.5 Å². The molecule has 10 N–H and O–H groups in total. The van der Waals surface area contributed by atoms with Crippen molar-refractivity contribution < 1.29 is 101 Å². The number of azo groups is 2. The molecule has 82 heavy (non-hydrogen) atoms. The first-order valence-electron chi connectivity index (χ1n) is 21.2. The number of anilines is 4. The molecule has 0 unspecified atom stereocenters. The molecule has 1 aromatic heterocycles. The molecule has 8 aromatic rings. The molecule has 0 aliphatic carbocycles. The van der Waals surface area contributed by atoms with Gasteiger partial charge in [-0.2, -0.15) is 65.5 Å². The number of aromatic hydroxyl groups is 2. The molecule has 430 valence electrons. The highest BCUT2D eigenvalue weighted by atomic mass is 35.5. The second-order valence-corrected chi connectivity index (χ2v) is 26.9. The van der Waals surface area contributed by atoms with E-state index in [-0.39, 0.29) is 16.3 Å². The van der Waals surface area contributed by atoms with Crippen molar-refractivity contribution in [2.45, 2.75) is 34.3 Å². The van der Waals surface area contributed by atoms with Crippen LogP contribution in [-0.4, -0.2) is 119 Å². The summed E-state index contributed by atoms with van der Waals surface area (Å²) < 4.78 is 244. The average Bonchev–Trinajstić information content (AvgIpc) is 1.31. The summed E-state index contributed by atoms with van der Waals surface area (Å²) in [7, 11) is -35.5. The lowest BCUT2D eigenvalue weighted by atomic mass is 10.1. The van der Waals surface area contributed by atoms with E-state index in [1.54, 1.807) is 0 Å². The van der Waals surface area contributed by atoms with Crippen molar-refractivity contribution in [1.29, 1.82) is 0 Å². The first kappa shape index (κ1) is 60.1. The van der Waals surface area contributed by atoms with Crippen LogP contribution >= 0.6 is 11.6 Å². The molecule has 0 bridgehead atoms. The average molecular weight is 1290 g/mol. The van der Waals surface area contributed by atoms with E-state index in [1.807, 2.05) is 0 Å². The highest BCUT2D eigenvalue weighted by molar-refractivity contribution is 7.94. The lowest BCUT2D eigenvalue weighted by molar-refractivity contribution is 0.415. The summed E-state index contributed by atoms with van der Waals surface area (Å²) in [6, 6.07) is 11.5. The van der Waals surface area contributed by atoms with Gasteiger partial charge in [-0.05, 0) is 83.7 Å². The quantitative estimate of drug-likeness (QED) is 0.0320. The third kappa shape index (κ3) is 12.0. The third-order valence-electron chi connectivity index (χ3n) is 11.2. The van der Waals surface area contributed by atoms with Gasteiger partial charge in [0.2, 0.25) is 17.2 Å². The molecular formula is C42H30ClN9O23S7. The van der Waals surface area contributed by atoms with E-state index >= 15 is 0 Å². The van der Waals surface area contributed by atoms with Crippen LogP contribution in [0.1, 0.15) is 0 Å². The number of benzene rings is 7. The number of aromatic nitrogens is 3. The van der Waals surface area contributed by atoms with Crippen molar-refractivity contribution in [3.63, 3.8) is 0 Å². The molecule has 0 aliphatic heterocycles. The number of phenols is 2. The highest BCUT2D eigenvalue weighted by Gasteiger charge is 2.31. The zero-order valence-corrected chi connectivity index (χ0v) is 46.4. The molecule has 32 nitrogen and oxygen atoms in total. The van der Waals surface area contributed by atoms with Crippen LogP contribution < -0.4 is 15.4 Å². The zero-order chi connectivity index (χ0) is 60.6. The fraction of sp³-hybridized carbons (Fsp3) is 0.0238. The Morgan fingerprint density at radius 3 is 1.63 bits per heavy atom. The SMILES string of the molecule is C=CS(=O)(=O)c1ccc(OC)c(N=Nc2c(S(=O)(=O)O)cc3c(S(=O)(=O)O)c(Nc4nc(Cl)nc(Nc5cc(S(=O)(=O)O)cc6cc(S(=O)(=O)O)c(N=Nc7ccc8c(S(=O)(=O)O)cccc8c7S(=O)(=O)O)c(O)c56)n4)ccc3c2O)c1. The highest BCUT2D eigenvalue weighted by Crippen LogP contribution is 2.48. The minimum absolute atomic E-state index is 0.133. The predicted molar refractivity (Wildman–Crippen MR) is 284 cm³/mol. The molecule has 0 fully saturated rings. The van der Waals surface area contributed by atoms with Gasteiger partial charge in [0.15, 0.2) is 21.3 Å². The summed E-state index contributed by atoms with van der Waals surface area (Å²) in [6.07, 6.45) is 0. The normalized spacial score (nSPS) is 13.1.